The summed E-state index contributed by atoms with van der Waals surface area (Å²) < 4.78 is 6.57. The molecule has 5 nitrogen and oxygen atoms in total. The molecule has 2 aromatic heterocycles. The van der Waals surface area contributed by atoms with Crippen LogP contribution in [0.25, 0.3) is 0 Å². The molecule has 0 amide bonds. The van der Waals surface area contributed by atoms with Crippen LogP contribution in [-0.4, -0.2) is 15.8 Å². The number of hydrogen-bond donors (Lipinski definition) is 2. The van der Waals surface area contributed by atoms with Crippen LogP contribution in [-0.2, 0) is 12.8 Å². The Morgan fingerprint density at radius 1 is 1.30 bits per heavy atom. The number of halogens is 1. The number of amidine groups is 1. The summed E-state index contributed by atoms with van der Waals surface area (Å²) in [6.07, 6.45) is 6.29. The van der Waals surface area contributed by atoms with E-state index in [9.17, 15) is 0 Å². The molecular formula is C14H13BrN4O. The van der Waals surface area contributed by atoms with Crippen LogP contribution < -0.4 is 10.5 Å². The van der Waals surface area contributed by atoms with Gasteiger partial charge >= 0.3 is 0 Å². The molecule has 102 valence electrons. The third kappa shape index (κ3) is 2.51. The molecule has 3 N–H and O–H groups in total. The van der Waals surface area contributed by atoms with Crippen molar-refractivity contribution >= 4 is 21.8 Å². The van der Waals surface area contributed by atoms with Gasteiger partial charge in [-0.2, -0.15) is 0 Å². The first-order chi connectivity index (χ1) is 9.63. The summed E-state index contributed by atoms with van der Waals surface area (Å²) >= 11 is 3.34. The van der Waals surface area contributed by atoms with E-state index in [1.54, 1.807) is 18.5 Å². The minimum Gasteiger partial charge on any atom is -0.437 e. The maximum Gasteiger partial charge on any atom is 0.230 e. The summed E-state index contributed by atoms with van der Waals surface area (Å²) in [4.78, 5) is 8.56. The van der Waals surface area contributed by atoms with Gasteiger partial charge in [0.1, 0.15) is 11.6 Å². The number of pyridine rings is 2. The normalized spacial score (nSPS) is 13.1. The molecule has 0 spiro atoms. The van der Waals surface area contributed by atoms with Crippen LogP contribution in [0.2, 0.25) is 0 Å². The van der Waals surface area contributed by atoms with Crippen LogP contribution in [0.1, 0.15) is 23.2 Å². The van der Waals surface area contributed by atoms with Gasteiger partial charge in [0.05, 0.1) is 11.8 Å². The van der Waals surface area contributed by atoms with Crippen LogP contribution in [0.5, 0.6) is 11.6 Å². The Morgan fingerprint density at radius 2 is 2.15 bits per heavy atom. The smallest absolute Gasteiger partial charge is 0.230 e. The molecule has 0 fully saturated rings. The molecule has 3 rings (SSSR count). The molecular weight excluding hydrogens is 320 g/mol. The molecule has 1 aliphatic carbocycles. The number of nitrogen functional groups attached to an aromatic ring is 1. The molecule has 0 unspecified atom stereocenters. The molecule has 20 heavy (non-hydrogen) atoms. The van der Waals surface area contributed by atoms with Crippen molar-refractivity contribution in [1.29, 1.82) is 5.41 Å². The summed E-state index contributed by atoms with van der Waals surface area (Å²) in [5, 5.41) is 7.68. The number of hydrogen-bond acceptors (Lipinski definition) is 4. The van der Waals surface area contributed by atoms with Crippen LogP contribution in [0, 0.1) is 5.41 Å². The van der Waals surface area contributed by atoms with Crippen molar-refractivity contribution in [2.45, 2.75) is 19.3 Å². The largest absolute Gasteiger partial charge is 0.437 e. The van der Waals surface area contributed by atoms with Gasteiger partial charge in [0.15, 0.2) is 0 Å². The summed E-state index contributed by atoms with van der Waals surface area (Å²) in [6.45, 7) is 0. The number of aryl methyl sites for hydroxylation is 2. The zero-order valence-corrected chi connectivity index (χ0v) is 12.3. The van der Waals surface area contributed by atoms with E-state index in [0.29, 0.717) is 17.2 Å². The number of nitrogens with two attached hydrogens (primary N) is 1. The van der Waals surface area contributed by atoms with Crippen molar-refractivity contribution in [3.8, 4) is 11.6 Å². The molecule has 2 aromatic rings. The van der Waals surface area contributed by atoms with Gasteiger partial charge in [-0.05, 0) is 52.9 Å². The average molecular weight is 333 g/mol. The number of nitrogens with one attached hydrogen (secondary N) is 1. The van der Waals surface area contributed by atoms with E-state index in [1.807, 2.05) is 6.07 Å². The standard InChI is InChI=1S/C14H13BrN4O/c15-9-5-10(7-18-6-9)20-14-11(13(16)17)4-8-2-1-3-12(8)19-14/h4-7H,1-3H2,(H3,16,17). The highest BCUT2D eigenvalue weighted by Gasteiger charge is 2.19. The van der Waals surface area contributed by atoms with Crippen LogP contribution in [0.4, 0.5) is 0 Å². The minimum atomic E-state index is -0.0369. The van der Waals surface area contributed by atoms with Crippen LogP contribution in [0.15, 0.2) is 29.0 Å². The fraction of sp³-hybridized carbons (Fsp3) is 0.214. The van der Waals surface area contributed by atoms with Crippen molar-refractivity contribution in [1.82, 2.24) is 9.97 Å². The number of ether oxygens (including phenoxy) is 1. The van der Waals surface area contributed by atoms with E-state index >= 15 is 0 Å². The van der Waals surface area contributed by atoms with E-state index in [0.717, 1.165) is 35.0 Å². The van der Waals surface area contributed by atoms with Gasteiger partial charge < -0.3 is 10.5 Å². The molecule has 0 atom stereocenters. The Labute approximate surface area is 124 Å². The first kappa shape index (κ1) is 13.1. The first-order valence-corrected chi connectivity index (χ1v) is 7.08. The van der Waals surface area contributed by atoms with Gasteiger partial charge in [0.2, 0.25) is 5.88 Å². The highest BCUT2D eigenvalue weighted by atomic mass is 79.9. The first-order valence-electron chi connectivity index (χ1n) is 6.29. The van der Waals surface area contributed by atoms with E-state index in [1.165, 1.54) is 0 Å². The molecule has 6 heteroatoms. The van der Waals surface area contributed by atoms with Crippen molar-refractivity contribution in [2.75, 3.05) is 0 Å². The van der Waals surface area contributed by atoms with Gasteiger partial charge in [0.25, 0.3) is 0 Å². The second-order valence-corrected chi connectivity index (χ2v) is 5.57. The van der Waals surface area contributed by atoms with Crippen LogP contribution in [0.3, 0.4) is 0 Å². The monoisotopic (exact) mass is 332 g/mol. The maximum absolute atomic E-state index is 7.68. The zero-order chi connectivity index (χ0) is 14.1. The molecule has 0 aromatic carbocycles. The van der Waals surface area contributed by atoms with Gasteiger partial charge in [-0.15, -0.1) is 0 Å². The lowest BCUT2D eigenvalue weighted by molar-refractivity contribution is 0.457. The van der Waals surface area contributed by atoms with Gasteiger partial charge in [-0.1, -0.05) is 0 Å². The fourth-order valence-electron chi connectivity index (χ4n) is 2.28. The predicted molar refractivity (Wildman–Crippen MR) is 79.3 cm³/mol. The molecule has 0 radical (unpaired) electrons. The SMILES string of the molecule is N=C(N)c1cc2c(nc1Oc1cncc(Br)c1)CCC2. The van der Waals surface area contributed by atoms with Crippen molar-refractivity contribution < 1.29 is 4.74 Å². The molecule has 0 bridgehead atoms. The molecule has 2 heterocycles. The predicted octanol–water partition coefficient (Wildman–Crippen LogP) is 2.80. The number of fused-ring (bicyclic) bond motifs is 1. The maximum atomic E-state index is 7.68. The third-order valence-electron chi connectivity index (χ3n) is 3.20. The molecule has 1 aliphatic rings. The van der Waals surface area contributed by atoms with Crippen molar-refractivity contribution in [3.05, 3.63) is 45.8 Å². The second kappa shape index (κ2) is 5.20. The molecule has 0 aliphatic heterocycles. The lowest BCUT2D eigenvalue weighted by atomic mass is 10.1. The van der Waals surface area contributed by atoms with Crippen molar-refractivity contribution in [3.63, 3.8) is 0 Å². The average Bonchev–Trinajstić information content (AvgIpc) is 2.84. The highest BCUT2D eigenvalue weighted by Crippen LogP contribution is 2.29. The number of aromatic nitrogens is 2. The number of nitrogens with zero attached hydrogens (tertiary/aromatic N) is 2. The van der Waals surface area contributed by atoms with E-state index in [4.69, 9.17) is 15.9 Å². The Balaban J connectivity index is 2.01. The minimum absolute atomic E-state index is 0.0369. The summed E-state index contributed by atoms with van der Waals surface area (Å²) in [7, 11) is 0. The van der Waals surface area contributed by atoms with E-state index in [-0.39, 0.29) is 5.84 Å². The quantitative estimate of drug-likeness (QED) is 0.668. The number of rotatable bonds is 3. The summed E-state index contributed by atoms with van der Waals surface area (Å²) in [6, 6.07) is 3.71. The fourth-order valence-corrected chi connectivity index (χ4v) is 2.63. The van der Waals surface area contributed by atoms with E-state index in [2.05, 4.69) is 25.9 Å². The van der Waals surface area contributed by atoms with Crippen LogP contribution >= 0.6 is 15.9 Å². The van der Waals surface area contributed by atoms with Gasteiger partial charge in [-0.3, -0.25) is 10.4 Å². The molecule has 0 saturated carbocycles. The summed E-state index contributed by atoms with van der Waals surface area (Å²) in [5.74, 6) is 0.899. The lowest BCUT2D eigenvalue weighted by Gasteiger charge is -2.11. The Kier molecular flexibility index (Phi) is 3.40. The summed E-state index contributed by atoms with van der Waals surface area (Å²) in [5.41, 5.74) is 8.36. The second-order valence-electron chi connectivity index (χ2n) is 4.66. The van der Waals surface area contributed by atoms with Gasteiger partial charge in [-0.25, -0.2) is 4.98 Å². The Morgan fingerprint density at radius 3 is 2.90 bits per heavy atom. The molecule has 0 saturated heterocycles. The lowest BCUT2D eigenvalue weighted by Crippen LogP contribution is -2.14. The highest BCUT2D eigenvalue weighted by molar-refractivity contribution is 9.10. The third-order valence-corrected chi connectivity index (χ3v) is 3.63. The zero-order valence-electron chi connectivity index (χ0n) is 10.7. The van der Waals surface area contributed by atoms with E-state index < -0.39 is 0 Å². The van der Waals surface area contributed by atoms with Gasteiger partial charge in [0, 0.05) is 16.4 Å². The van der Waals surface area contributed by atoms with Crippen molar-refractivity contribution in [2.24, 2.45) is 5.73 Å². The topological polar surface area (TPSA) is 84.9 Å². The Hall–Kier alpha value is -1.95. The Bertz CT molecular complexity index is 687.